The third-order valence-corrected chi connectivity index (χ3v) is 4.26. The number of hydrogen-bond donors (Lipinski definition) is 2. The third-order valence-electron chi connectivity index (χ3n) is 4.26. The van der Waals surface area contributed by atoms with Crippen LogP contribution in [0.2, 0.25) is 0 Å². The molecule has 1 aromatic rings. The van der Waals surface area contributed by atoms with Gasteiger partial charge in [0.15, 0.2) is 0 Å². The molecule has 0 spiro atoms. The summed E-state index contributed by atoms with van der Waals surface area (Å²) in [6, 6.07) is 5.22. The summed E-state index contributed by atoms with van der Waals surface area (Å²) in [4.78, 5) is 11.8. The Balaban J connectivity index is 1.91. The van der Waals surface area contributed by atoms with Crippen molar-refractivity contribution in [3.05, 3.63) is 29.3 Å². The van der Waals surface area contributed by atoms with E-state index >= 15 is 0 Å². The fourth-order valence-electron chi connectivity index (χ4n) is 3.06. The van der Waals surface area contributed by atoms with Gasteiger partial charge in [-0.05, 0) is 64.7 Å². The van der Waals surface area contributed by atoms with Crippen LogP contribution in [0.4, 0.5) is 23.7 Å². The van der Waals surface area contributed by atoms with Crippen LogP contribution in [0.15, 0.2) is 18.2 Å². The molecule has 1 aromatic carbocycles. The highest BCUT2D eigenvalue weighted by Gasteiger charge is 2.34. The minimum atomic E-state index is -4.57. The number of carbonyl (C=O) groups is 1. The van der Waals surface area contributed by atoms with Crippen molar-refractivity contribution in [2.75, 3.05) is 5.32 Å². The molecular formula is C19H24F3N3O2. The lowest BCUT2D eigenvalue weighted by Gasteiger charge is -2.31. The number of alkyl halides is 3. The number of benzene rings is 1. The first kappa shape index (κ1) is 20.9. The number of nitriles is 1. The SMILES string of the molecule is CC(C)(C)OC(=O)NC1CCC(Nc2ccc(C#N)c(C(F)(F)F)c2)CC1. The van der Waals surface area contributed by atoms with E-state index in [1.165, 1.54) is 12.1 Å². The van der Waals surface area contributed by atoms with Gasteiger partial charge in [0, 0.05) is 17.8 Å². The minimum absolute atomic E-state index is 0.00963. The first-order valence-electron chi connectivity index (χ1n) is 8.85. The molecule has 0 atom stereocenters. The monoisotopic (exact) mass is 383 g/mol. The summed E-state index contributed by atoms with van der Waals surface area (Å²) in [7, 11) is 0. The number of rotatable bonds is 3. The largest absolute Gasteiger partial charge is 0.444 e. The summed E-state index contributed by atoms with van der Waals surface area (Å²) in [5.74, 6) is 0. The molecule has 0 unspecified atom stereocenters. The summed E-state index contributed by atoms with van der Waals surface area (Å²) in [5, 5.41) is 14.8. The molecule has 0 heterocycles. The summed E-state index contributed by atoms with van der Waals surface area (Å²) >= 11 is 0. The van der Waals surface area contributed by atoms with Crippen molar-refractivity contribution in [1.29, 1.82) is 5.26 Å². The molecule has 0 radical (unpaired) electrons. The van der Waals surface area contributed by atoms with Crippen LogP contribution in [0.25, 0.3) is 0 Å². The maximum Gasteiger partial charge on any atom is 0.417 e. The molecule has 27 heavy (non-hydrogen) atoms. The Morgan fingerprint density at radius 1 is 1.15 bits per heavy atom. The molecule has 1 saturated carbocycles. The zero-order chi connectivity index (χ0) is 20.2. The van der Waals surface area contributed by atoms with Crippen LogP contribution in [0.3, 0.4) is 0 Å². The number of ether oxygens (including phenoxy) is 1. The molecule has 0 saturated heterocycles. The Hall–Kier alpha value is -2.43. The van der Waals surface area contributed by atoms with Gasteiger partial charge in [-0.2, -0.15) is 18.4 Å². The Kier molecular flexibility index (Phi) is 6.24. The molecule has 0 bridgehead atoms. The first-order valence-corrected chi connectivity index (χ1v) is 8.85. The lowest BCUT2D eigenvalue weighted by Crippen LogP contribution is -2.42. The fraction of sp³-hybridized carbons (Fsp3) is 0.579. The first-order chi connectivity index (χ1) is 12.5. The van der Waals surface area contributed by atoms with E-state index in [9.17, 15) is 18.0 Å². The highest BCUT2D eigenvalue weighted by Crippen LogP contribution is 2.34. The number of anilines is 1. The third kappa shape index (κ3) is 6.35. The number of amides is 1. The number of carbonyl (C=O) groups excluding carboxylic acids is 1. The lowest BCUT2D eigenvalue weighted by molar-refractivity contribution is -0.137. The van der Waals surface area contributed by atoms with Crippen molar-refractivity contribution in [3.63, 3.8) is 0 Å². The highest BCUT2D eigenvalue weighted by atomic mass is 19.4. The summed E-state index contributed by atoms with van der Waals surface area (Å²) in [6.45, 7) is 5.38. The van der Waals surface area contributed by atoms with Crippen molar-refractivity contribution < 1.29 is 22.7 Å². The Morgan fingerprint density at radius 3 is 2.26 bits per heavy atom. The van der Waals surface area contributed by atoms with Crippen LogP contribution in [0.1, 0.15) is 57.6 Å². The van der Waals surface area contributed by atoms with Crippen LogP contribution in [-0.4, -0.2) is 23.8 Å². The Labute approximate surface area is 156 Å². The Bertz CT molecular complexity index is 712. The molecule has 2 rings (SSSR count). The van der Waals surface area contributed by atoms with Gasteiger partial charge in [-0.25, -0.2) is 4.79 Å². The molecule has 5 nitrogen and oxygen atoms in total. The molecule has 1 fully saturated rings. The number of nitrogens with one attached hydrogen (secondary N) is 2. The topological polar surface area (TPSA) is 74.2 Å². The molecule has 148 valence electrons. The Morgan fingerprint density at radius 2 is 1.74 bits per heavy atom. The average molecular weight is 383 g/mol. The van der Waals surface area contributed by atoms with Gasteiger partial charge < -0.3 is 15.4 Å². The molecule has 1 aliphatic carbocycles. The van der Waals surface area contributed by atoms with Crippen LogP contribution in [0, 0.1) is 11.3 Å². The second kappa shape index (κ2) is 8.07. The van der Waals surface area contributed by atoms with Crippen molar-refractivity contribution in [2.45, 2.75) is 70.3 Å². The van der Waals surface area contributed by atoms with Gasteiger partial charge >= 0.3 is 12.3 Å². The molecule has 1 amide bonds. The number of alkyl carbamates (subject to hydrolysis) is 1. The molecular weight excluding hydrogens is 359 g/mol. The molecule has 2 N–H and O–H groups in total. The minimum Gasteiger partial charge on any atom is -0.444 e. The van der Waals surface area contributed by atoms with Crippen LogP contribution >= 0.6 is 0 Å². The van der Waals surface area contributed by atoms with E-state index in [1.54, 1.807) is 26.8 Å². The van der Waals surface area contributed by atoms with Gasteiger partial charge in [0.05, 0.1) is 17.2 Å². The van der Waals surface area contributed by atoms with E-state index in [4.69, 9.17) is 10.00 Å². The predicted molar refractivity (Wildman–Crippen MR) is 95.2 cm³/mol. The van der Waals surface area contributed by atoms with Crippen molar-refractivity contribution in [3.8, 4) is 6.07 Å². The van der Waals surface area contributed by atoms with Gasteiger partial charge in [0.2, 0.25) is 0 Å². The maximum atomic E-state index is 13.1. The van der Waals surface area contributed by atoms with Crippen LogP contribution in [0.5, 0.6) is 0 Å². The number of hydrogen-bond acceptors (Lipinski definition) is 4. The van der Waals surface area contributed by atoms with Crippen molar-refractivity contribution >= 4 is 11.8 Å². The van der Waals surface area contributed by atoms with E-state index in [0.717, 1.165) is 6.07 Å². The van der Waals surface area contributed by atoms with Gasteiger partial charge in [0.25, 0.3) is 0 Å². The number of halogens is 3. The molecule has 0 aromatic heterocycles. The van der Waals surface area contributed by atoms with E-state index in [1.807, 2.05) is 0 Å². The standard InChI is InChI=1S/C19H24F3N3O2/c1-18(2,3)27-17(26)25-14-8-6-13(7-9-14)24-15-5-4-12(11-23)16(10-15)19(20,21)22/h4-5,10,13-14,24H,6-9H2,1-3H3,(H,25,26). The lowest BCUT2D eigenvalue weighted by atomic mass is 9.91. The second-order valence-electron chi connectivity index (χ2n) is 7.71. The maximum absolute atomic E-state index is 13.1. The molecule has 1 aliphatic rings. The normalized spacial score (nSPS) is 20.5. The van der Waals surface area contributed by atoms with Crippen molar-refractivity contribution in [2.24, 2.45) is 0 Å². The second-order valence-corrected chi connectivity index (χ2v) is 7.71. The number of nitrogens with zero attached hydrogens (tertiary/aromatic N) is 1. The summed E-state index contributed by atoms with van der Waals surface area (Å²) in [5.41, 5.74) is -1.55. The van der Waals surface area contributed by atoms with Gasteiger partial charge in [-0.3, -0.25) is 0 Å². The predicted octanol–water partition coefficient (Wildman–Crippen LogP) is 4.82. The van der Waals surface area contributed by atoms with Crippen LogP contribution < -0.4 is 10.6 Å². The van der Waals surface area contributed by atoms with Gasteiger partial charge in [-0.15, -0.1) is 0 Å². The van der Waals surface area contributed by atoms with E-state index < -0.39 is 29.0 Å². The zero-order valence-electron chi connectivity index (χ0n) is 15.6. The van der Waals surface area contributed by atoms with E-state index in [0.29, 0.717) is 31.4 Å². The average Bonchev–Trinajstić information content (AvgIpc) is 2.54. The van der Waals surface area contributed by atoms with E-state index in [2.05, 4.69) is 10.6 Å². The summed E-state index contributed by atoms with van der Waals surface area (Å²) in [6.07, 6.45) is -2.19. The van der Waals surface area contributed by atoms with Crippen LogP contribution in [-0.2, 0) is 10.9 Å². The van der Waals surface area contributed by atoms with Crippen molar-refractivity contribution in [1.82, 2.24) is 5.32 Å². The molecule has 8 heteroatoms. The highest BCUT2D eigenvalue weighted by molar-refractivity contribution is 5.68. The smallest absolute Gasteiger partial charge is 0.417 e. The summed E-state index contributed by atoms with van der Waals surface area (Å²) < 4.78 is 44.4. The quantitative estimate of drug-likeness (QED) is 0.784. The fourth-order valence-corrected chi connectivity index (χ4v) is 3.06. The van der Waals surface area contributed by atoms with Gasteiger partial charge in [-0.1, -0.05) is 0 Å². The van der Waals surface area contributed by atoms with E-state index in [-0.39, 0.29) is 12.1 Å². The van der Waals surface area contributed by atoms with Gasteiger partial charge in [0.1, 0.15) is 5.60 Å². The molecule has 0 aliphatic heterocycles. The zero-order valence-corrected chi connectivity index (χ0v) is 15.6.